The molecule has 0 aliphatic rings. The average molecular weight is 400 g/mol. The van der Waals surface area contributed by atoms with Crippen LogP contribution in [0, 0.1) is 0 Å². The largest absolute Gasteiger partial charge is 0.703 e. The topological polar surface area (TPSA) is 35.5 Å². The van der Waals surface area contributed by atoms with Crippen molar-refractivity contribution >= 4 is 77.9 Å². The van der Waals surface area contributed by atoms with Crippen LogP contribution in [0.1, 0.15) is 26.7 Å². The number of hydrogen-bond donors (Lipinski definition) is 0. The third-order valence-electron chi connectivity index (χ3n) is 1.84. The zero-order valence-electron chi connectivity index (χ0n) is 9.51. The zero-order valence-corrected chi connectivity index (χ0v) is 14.9. The summed E-state index contributed by atoms with van der Waals surface area (Å²) in [7, 11) is -2.78. The molecule has 108 valence electrons. The van der Waals surface area contributed by atoms with E-state index in [2.05, 4.69) is 0 Å². The molecule has 0 N–H and O–H groups in total. The Kier molecular flexibility index (Phi) is 9.07. The van der Waals surface area contributed by atoms with Gasteiger partial charge >= 0.3 is 8.25 Å². The van der Waals surface area contributed by atoms with E-state index in [4.69, 9.17) is 78.7 Å². The van der Waals surface area contributed by atoms with Gasteiger partial charge in [-0.15, -0.1) is 23.2 Å². The second-order valence-electron chi connectivity index (χ2n) is 3.28. The predicted octanol–water partition coefficient (Wildman–Crippen LogP) is 5.97. The summed E-state index contributed by atoms with van der Waals surface area (Å²) in [4.78, 5) is 0. The lowest BCUT2D eigenvalue weighted by atomic mass is 10.3. The highest BCUT2D eigenvalue weighted by Crippen LogP contribution is 2.47. The highest BCUT2D eigenvalue weighted by molar-refractivity contribution is 7.33. The standard InChI is InChI=1S/C8H12Cl6O3P/c1-3-5(9)7(11,12)16-18(15)17-8(13,14)6(10)4-2/h5-6H,3-4H2,1-2H3/q+1. The number of halogens is 6. The van der Waals surface area contributed by atoms with Crippen molar-refractivity contribution in [3.63, 3.8) is 0 Å². The van der Waals surface area contributed by atoms with E-state index >= 15 is 0 Å². The zero-order chi connectivity index (χ0) is 14.6. The summed E-state index contributed by atoms with van der Waals surface area (Å²) in [5, 5.41) is -1.55. The molecule has 0 fully saturated rings. The molecule has 0 radical (unpaired) electrons. The lowest BCUT2D eigenvalue weighted by Gasteiger charge is -2.20. The fourth-order valence-corrected chi connectivity index (χ4v) is 3.00. The highest BCUT2D eigenvalue weighted by atomic mass is 35.5. The maximum absolute atomic E-state index is 11.6. The van der Waals surface area contributed by atoms with Gasteiger partial charge in [-0.1, -0.05) is 69.3 Å². The molecule has 0 aromatic carbocycles. The average Bonchev–Trinajstić information content (AvgIpc) is 2.24. The van der Waals surface area contributed by atoms with Crippen molar-refractivity contribution in [3.8, 4) is 0 Å². The van der Waals surface area contributed by atoms with Crippen LogP contribution >= 0.6 is 77.9 Å². The molecule has 0 aromatic rings. The molecule has 0 saturated heterocycles. The summed E-state index contributed by atoms with van der Waals surface area (Å²) in [6.45, 7) is 3.46. The van der Waals surface area contributed by atoms with Crippen molar-refractivity contribution in [1.29, 1.82) is 0 Å². The fraction of sp³-hybridized carbons (Fsp3) is 1.00. The quantitative estimate of drug-likeness (QED) is 0.372. The molecule has 0 saturated carbocycles. The van der Waals surface area contributed by atoms with E-state index in [0.29, 0.717) is 12.8 Å². The second-order valence-corrected chi connectivity index (χ2v) is 7.78. The van der Waals surface area contributed by atoms with Crippen LogP contribution < -0.4 is 0 Å². The van der Waals surface area contributed by atoms with Crippen molar-refractivity contribution in [3.05, 3.63) is 0 Å². The van der Waals surface area contributed by atoms with Crippen LogP contribution in [0.3, 0.4) is 0 Å². The van der Waals surface area contributed by atoms with E-state index in [1.165, 1.54) is 0 Å². The summed E-state index contributed by atoms with van der Waals surface area (Å²) in [6, 6.07) is 0. The van der Waals surface area contributed by atoms with Gasteiger partial charge in [0.05, 0.1) is 10.8 Å². The first kappa shape index (κ1) is 19.8. The minimum Gasteiger partial charge on any atom is -0.117 e. The van der Waals surface area contributed by atoms with Gasteiger partial charge in [0.25, 0.3) is 9.04 Å². The molecule has 0 spiro atoms. The smallest absolute Gasteiger partial charge is 0.117 e. The summed E-state index contributed by atoms with van der Waals surface area (Å²) in [5.74, 6) is 0. The van der Waals surface area contributed by atoms with Crippen molar-refractivity contribution in [2.75, 3.05) is 0 Å². The first-order valence-corrected chi connectivity index (χ1v) is 8.44. The summed E-state index contributed by atoms with van der Waals surface area (Å²) in [6.07, 6.45) is 0.801. The van der Waals surface area contributed by atoms with Crippen LogP contribution in [-0.4, -0.2) is 19.8 Å². The Hall–Kier alpha value is 1.76. The Morgan fingerprint density at radius 3 is 1.44 bits per heavy atom. The second kappa shape index (κ2) is 8.26. The molecular weight excluding hydrogens is 388 g/mol. The van der Waals surface area contributed by atoms with Gasteiger partial charge < -0.3 is 0 Å². The minimum atomic E-state index is -2.78. The Bertz CT molecular complexity index is 262. The molecule has 0 rings (SSSR count). The van der Waals surface area contributed by atoms with Crippen LogP contribution in [0.25, 0.3) is 0 Å². The fourth-order valence-electron chi connectivity index (χ4n) is 0.807. The Labute approximate surface area is 137 Å². The molecule has 0 aliphatic carbocycles. The van der Waals surface area contributed by atoms with E-state index < -0.39 is 28.0 Å². The van der Waals surface area contributed by atoms with Gasteiger partial charge in [-0.2, -0.15) is 0 Å². The maximum atomic E-state index is 11.6. The van der Waals surface area contributed by atoms with Crippen LogP contribution in [0.5, 0.6) is 0 Å². The van der Waals surface area contributed by atoms with Crippen molar-refractivity contribution in [2.24, 2.45) is 0 Å². The monoisotopic (exact) mass is 397 g/mol. The van der Waals surface area contributed by atoms with Crippen molar-refractivity contribution < 1.29 is 13.6 Å². The van der Waals surface area contributed by atoms with Crippen LogP contribution in [0.15, 0.2) is 0 Å². The van der Waals surface area contributed by atoms with E-state index in [-0.39, 0.29) is 0 Å². The third kappa shape index (κ3) is 6.47. The summed E-state index contributed by atoms with van der Waals surface area (Å²) < 4.78 is 17.4. The van der Waals surface area contributed by atoms with Gasteiger partial charge in [0, 0.05) is 4.57 Å². The third-order valence-corrected chi connectivity index (χ3v) is 6.18. The van der Waals surface area contributed by atoms with Crippen LogP contribution in [0.2, 0.25) is 0 Å². The van der Waals surface area contributed by atoms with Gasteiger partial charge in [0.1, 0.15) is 0 Å². The SMILES string of the molecule is CCC(Cl)C(Cl)(Cl)O[P+](=O)OC(Cl)(Cl)C(Cl)CC. The predicted molar refractivity (Wildman–Crippen MR) is 78.5 cm³/mol. The molecule has 0 heterocycles. The first-order valence-electron chi connectivity index (χ1n) is 4.96. The molecule has 0 aliphatic heterocycles. The van der Waals surface area contributed by atoms with Gasteiger partial charge in [-0.05, 0) is 12.8 Å². The van der Waals surface area contributed by atoms with Gasteiger partial charge in [-0.3, -0.25) is 0 Å². The molecule has 3 nitrogen and oxygen atoms in total. The molecule has 0 bridgehead atoms. The van der Waals surface area contributed by atoms with Gasteiger partial charge in [0.2, 0.25) is 0 Å². The minimum absolute atomic E-state index is 0.401. The van der Waals surface area contributed by atoms with Gasteiger partial charge in [0.15, 0.2) is 0 Å². The first-order chi connectivity index (χ1) is 8.06. The Balaban J connectivity index is 4.52. The molecule has 0 amide bonds. The van der Waals surface area contributed by atoms with Crippen LogP contribution in [0.4, 0.5) is 0 Å². The van der Waals surface area contributed by atoms with Gasteiger partial charge in [-0.25, -0.2) is 0 Å². The molecule has 18 heavy (non-hydrogen) atoms. The normalized spacial score (nSPS) is 17.4. The summed E-state index contributed by atoms with van der Waals surface area (Å²) >= 11 is 34.6. The maximum Gasteiger partial charge on any atom is 0.703 e. The highest BCUT2D eigenvalue weighted by Gasteiger charge is 2.50. The van der Waals surface area contributed by atoms with E-state index in [1.54, 1.807) is 13.8 Å². The molecule has 10 heteroatoms. The number of hydrogen-bond acceptors (Lipinski definition) is 3. The van der Waals surface area contributed by atoms with Crippen molar-refractivity contribution in [1.82, 2.24) is 0 Å². The van der Waals surface area contributed by atoms with Crippen LogP contribution in [-0.2, 0) is 13.6 Å². The lowest BCUT2D eigenvalue weighted by Crippen LogP contribution is -2.30. The molecule has 2 unspecified atom stereocenters. The molecule has 0 aromatic heterocycles. The van der Waals surface area contributed by atoms with Crippen molar-refractivity contribution in [2.45, 2.75) is 46.5 Å². The molecular formula is C8H12Cl6O3P+. The van der Waals surface area contributed by atoms with E-state index in [1.807, 2.05) is 0 Å². The van der Waals surface area contributed by atoms with E-state index in [9.17, 15) is 4.57 Å². The Morgan fingerprint density at radius 1 is 0.944 bits per heavy atom. The lowest BCUT2D eigenvalue weighted by molar-refractivity contribution is 0.154. The van der Waals surface area contributed by atoms with E-state index in [0.717, 1.165) is 0 Å². The Morgan fingerprint density at radius 2 is 1.22 bits per heavy atom. The molecule has 2 atom stereocenters. The summed E-state index contributed by atoms with van der Waals surface area (Å²) in [5.41, 5.74) is 0. The number of rotatable bonds is 8. The number of alkyl halides is 6.